The summed E-state index contributed by atoms with van der Waals surface area (Å²) in [4.78, 5) is 0. The van der Waals surface area contributed by atoms with Crippen LogP contribution in [0.25, 0.3) is 0 Å². The van der Waals surface area contributed by atoms with Crippen LogP contribution in [0.5, 0.6) is 0 Å². The highest BCUT2D eigenvalue weighted by Gasteiger charge is 2.14. The minimum Gasteiger partial charge on any atom is -0.207 e. The molecule has 0 radical (unpaired) electrons. The van der Waals surface area contributed by atoms with Crippen LogP contribution in [0.15, 0.2) is 48.5 Å². The summed E-state index contributed by atoms with van der Waals surface area (Å²) in [5.41, 5.74) is 1.57. The van der Waals surface area contributed by atoms with E-state index < -0.39 is 5.92 Å². The van der Waals surface area contributed by atoms with E-state index in [1.165, 1.54) is 6.07 Å². The lowest BCUT2D eigenvalue weighted by Gasteiger charge is -2.10. The van der Waals surface area contributed by atoms with Crippen LogP contribution in [0, 0.1) is 17.1 Å². The summed E-state index contributed by atoms with van der Waals surface area (Å²) in [5.74, 6) is -0.734. The van der Waals surface area contributed by atoms with Gasteiger partial charge >= 0.3 is 0 Å². The van der Waals surface area contributed by atoms with E-state index in [4.69, 9.17) is 11.6 Å². The Bertz CT molecular complexity index is 586. The summed E-state index contributed by atoms with van der Waals surface area (Å²) >= 11 is 5.82. The molecule has 0 amide bonds. The van der Waals surface area contributed by atoms with Crippen molar-refractivity contribution in [2.75, 3.05) is 0 Å². The summed E-state index contributed by atoms with van der Waals surface area (Å²) in [6, 6.07) is 16.1. The van der Waals surface area contributed by atoms with Crippen LogP contribution in [0.2, 0.25) is 5.02 Å². The van der Waals surface area contributed by atoms with Crippen molar-refractivity contribution in [3.63, 3.8) is 0 Å². The maximum atomic E-state index is 13.6. The zero-order valence-electron chi connectivity index (χ0n) is 10.3. The Morgan fingerprint density at radius 1 is 1.11 bits per heavy atom. The Hall–Kier alpha value is -1.85. The van der Waals surface area contributed by atoms with Gasteiger partial charge in [-0.3, -0.25) is 0 Å². The maximum absolute atomic E-state index is 13.6. The van der Waals surface area contributed by atoms with Crippen LogP contribution in [-0.4, -0.2) is 0 Å². The molecule has 96 valence electrons. The van der Waals surface area contributed by atoms with Gasteiger partial charge in [-0.15, -0.1) is 0 Å². The molecule has 0 aromatic heterocycles. The van der Waals surface area contributed by atoms with Gasteiger partial charge in [0.15, 0.2) is 0 Å². The summed E-state index contributed by atoms with van der Waals surface area (Å²) in [7, 11) is 0. The first-order valence-corrected chi connectivity index (χ1v) is 6.47. The number of nitrogens with zero attached hydrogens (tertiary/aromatic N) is 1. The molecule has 0 N–H and O–H groups in total. The fourth-order valence-corrected chi connectivity index (χ4v) is 2.14. The quantitative estimate of drug-likeness (QED) is 0.791. The Labute approximate surface area is 117 Å². The first-order valence-electron chi connectivity index (χ1n) is 6.09. The smallest absolute Gasteiger partial charge is 0.127 e. The van der Waals surface area contributed by atoms with Gasteiger partial charge < -0.3 is 0 Å². The average molecular weight is 274 g/mol. The second-order valence-electron chi connectivity index (χ2n) is 4.37. The van der Waals surface area contributed by atoms with Crippen LogP contribution < -0.4 is 0 Å². The zero-order chi connectivity index (χ0) is 13.7. The van der Waals surface area contributed by atoms with E-state index in [-0.39, 0.29) is 5.82 Å². The second kappa shape index (κ2) is 6.36. The Morgan fingerprint density at radius 3 is 2.42 bits per heavy atom. The molecule has 0 aliphatic rings. The van der Waals surface area contributed by atoms with E-state index in [9.17, 15) is 9.65 Å². The Kier molecular flexibility index (Phi) is 4.54. The second-order valence-corrected chi connectivity index (χ2v) is 4.80. The summed E-state index contributed by atoms with van der Waals surface area (Å²) in [5, 5.41) is 9.88. The van der Waals surface area contributed by atoms with E-state index in [0.717, 1.165) is 12.0 Å². The molecule has 2 aromatic carbocycles. The zero-order valence-corrected chi connectivity index (χ0v) is 11.1. The topological polar surface area (TPSA) is 23.8 Å². The van der Waals surface area contributed by atoms with Crippen molar-refractivity contribution < 1.29 is 4.39 Å². The van der Waals surface area contributed by atoms with E-state index in [2.05, 4.69) is 6.07 Å². The van der Waals surface area contributed by atoms with Crippen LogP contribution in [-0.2, 0) is 6.42 Å². The van der Waals surface area contributed by atoms with Crippen molar-refractivity contribution in [1.82, 2.24) is 0 Å². The van der Waals surface area contributed by atoms with Gasteiger partial charge in [0.25, 0.3) is 0 Å². The highest BCUT2D eigenvalue weighted by molar-refractivity contribution is 6.30. The molecule has 19 heavy (non-hydrogen) atoms. The normalized spacial score (nSPS) is 11.8. The van der Waals surface area contributed by atoms with Crippen molar-refractivity contribution in [2.45, 2.75) is 18.8 Å². The average Bonchev–Trinajstić information content (AvgIpc) is 2.43. The van der Waals surface area contributed by atoms with Gasteiger partial charge in [-0.1, -0.05) is 41.9 Å². The van der Waals surface area contributed by atoms with Gasteiger partial charge in [0.05, 0.1) is 12.0 Å². The van der Waals surface area contributed by atoms with Crippen LogP contribution >= 0.6 is 11.6 Å². The first kappa shape index (κ1) is 13.6. The van der Waals surface area contributed by atoms with Gasteiger partial charge in [-0.05, 0) is 36.6 Å². The molecule has 0 saturated heterocycles. The van der Waals surface area contributed by atoms with E-state index in [1.807, 2.05) is 24.3 Å². The van der Waals surface area contributed by atoms with Crippen LogP contribution in [0.3, 0.4) is 0 Å². The van der Waals surface area contributed by atoms with E-state index in [0.29, 0.717) is 17.0 Å². The van der Waals surface area contributed by atoms with Crippen molar-refractivity contribution >= 4 is 11.6 Å². The van der Waals surface area contributed by atoms with Crippen LogP contribution in [0.4, 0.5) is 4.39 Å². The number of benzene rings is 2. The predicted octanol–water partition coefficient (Wildman–Crippen LogP) is 4.72. The molecule has 0 bridgehead atoms. The van der Waals surface area contributed by atoms with Crippen molar-refractivity contribution in [3.8, 4) is 6.07 Å². The molecule has 1 unspecified atom stereocenters. The molecule has 0 aliphatic heterocycles. The Balaban J connectivity index is 2.07. The molecular weight excluding hydrogens is 261 g/mol. The predicted molar refractivity (Wildman–Crippen MR) is 74.5 cm³/mol. The van der Waals surface area contributed by atoms with Crippen molar-refractivity contribution in [2.24, 2.45) is 0 Å². The maximum Gasteiger partial charge on any atom is 0.127 e. The Morgan fingerprint density at radius 2 is 1.79 bits per heavy atom. The summed E-state index contributed by atoms with van der Waals surface area (Å²) in [6.45, 7) is 0. The van der Waals surface area contributed by atoms with Crippen LogP contribution in [0.1, 0.15) is 23.5 Å². The lowest BCUT2D eigenvalue weighted by atomic mass is 9.93. The largest absolute Gasteiger partial charge is 0.207 e. The number of hydrogen-bond donors (Lipinski definition) is 0. The molecule has 0 spiro atoms. The van der Waals surface area contributed by atoms with Gasteiger partial charge in [-0.2, -0.15) is 5.26 Å². The van der Waals surface area contributed by atoms with Gasteiger partial charge in [0.1, 0.15) is 5.82 Å². The van der Waals surface area contributed by atoms with Gasteiger partial charge in [0, 0.05) is 10.6 Å². The number of aryl methyl sites for hydroxylation is 1. The molecule has 0 heterocycles. The molecule has 0 saturated carbocycles. The molecule has 2 aromatic rings. The van der Waals surface area contributed by atoms with E-state index >= 15 is 0 Å². The lowest BCUT2D eigenvalue weighted by Crippen LogP contribution is -2.01. The molecule has 2 rings (SSSR count). The highest BCUT2D eigenvalue weighted by Crippen LogP contribution is 2.24. The summed E-state index contributed by atoms with van der Waals surface area (Å²) in [6.07, 6.45) is 1.32. The lowest BCUT2D eigenvalue weighted by molar-refractivity contribution is 0.592. The third kappa shape index (κ3) is 3.56. The standard InChI is InChI=1S/C16H13ClFN/c17-14-9-6-12(7-10-14)5-8-13(11-19)15-3-1-2-4-16(15)18/h1-4,6-7,9-10,13H,5,8H2. The molecule has 3 heteroatoms. The number of rotatable bonds is 4. The SMILES string of the molecule is N#CC(CCc1ccc(Cl)cc1)c1ccccc1F. The monoisotopic (exact) mass is 273 g/mol. The van der Waals surface area contributed by atoms with Crippen molar-refractivity contribution in [3.05, 3.63) is 70.5 Å². The fraction of sp³-hybridized carbons (Fsp3) is 0.188. The number of hydrogen-bond acceptors (Lipinski definition) is 1. The minimum absolute atomic E-state index is 0.315. The minimum atomic E-state index is -0.420. The third-order valence-corrected chi connectivity index (χ3v) is 3.32. The third-order valence-electron chi connectivity index (χ3n) is 3.07. The highest BCUT2D eigenvalue weighted by atomic mass is 35.5. The van der Waals surface area contributed by atoms with Gasteiger partial charge in [0.2, 0.25) is 0 Å². The number of nitriles is 1. The number of halogens is 2. The van der Waals surface area contributed by atoms with Crippen molar-refractivity contribution in [1.29, 1.82) is 5.26 Å². The first-order chi connectivity index (χ1) is 9.20. The van der Waals surface area contributed by atoms with E-state index in [1.54, 1.807) is 18.2 Å². The molecule has 0 aliphatic carbocycles. The fourth-order valence-electron chi connectivity index (χ4n) is 2.01. The summed E-state index contributed by atoms with van der Waals surface area (Å²) < 4.78 is 13.6. The molecule has 1 nitrogen and oxygen atoms in total. The molecule has 1 atom stereocenters. The molecule has 0 fully saturated rings. The van der Waals surface area contributed by atoms with Gasteiger partial charge in [-0.25, -0.2) is 4.39 Å². The molecular formula is C16H13ClFN.